The molecule has 204 valence electrons. The number of amides is 2. The first-order valence-electron chi connectivity index (χ1n) is 12.4. The number of pyridine rings is 1. The highest BCUT2D eigenvalue weighted by molar-refractivity contribution is 6.04. The third-order valence-corrected chi connectivity index (χ3v) is 6.66. The number of carbonyl (C=O) groups is 2. The number of alkyl halides is 3. The van der Waals surface area contributed by atoms with E-state index in [0.717, 1.165) is 22.8 Å². The number of nitrogens with zero attached hydrogens (tertiary/aromatic N) is 1. The van der Waals surface area contributed by atoms with E-state index >= 15 is 0 Å². The third-order valence-electron chi connectivity index (χ3n) is 6.66. The van der Waals surface area contributed by atoms with E-state index in [0.29, 0.717) is 43.2 Å². The number of benzene rings is 2. The zero-order chi connectivity index (χ0) is 27.6. The number of carbonyl (C=O) groups excluding carboxylic acids is 2. The molecule has 1 saturated heterocycles. The molecule has 2 N–H and O–H groups in total. The van der Waals surface area contributed by atoms with Crippen LogP contribution in [0.25, 0.3) is 11.1 Å². The van der Waals surface area contributed by atoms with Gasteiger partial charge in [-0.25, -0.2) is 4.98 Å². The van der Waals surface area contributed by atoms with Crippen LogP contribution in [0, 0.1) is 6.92 Å². The van der Waals surface area contributed by atoms with Crippen molar-refractivity contribution in [1.82, 2.24) is 4.98 Å². The highest BCUT2D eigenvalue weighted by Crippen LogP contribution is 2.41. The number of aromatic nitrogens is 1. The lowest BCUT2D eigenvalue weighted by Crippen LogP contribution is -2.43. The van der Waals surface area contributed by atoms with Crippen LogP contribution in [0.15, 0.2) is 54.7 Å². The van der Waals surface area contributed by atoms with Gasteiger partial charge in [-0.3, -0.25) is 9.59 Å². The van der Waals surface area contributed by atoms with E-state index in [1.165, 1.54) is 12.3 Å². The summed E-state index contributed by atoms with van der Waals surface area (Å²) in [6.07, 6.45) is -1.83. The maximum atomic E-state index is 12.8. The van der Waals surface area contributed by atoms with E-state index in [1.807, 2.05) is 25.1 Å². The maximum Gasteiger partial charge on any atom is 0.422 e. The maximum absolute atomic E-state index is 12.8. The van der Waals surface area contributed by atoms with E-state index < -0.39 is 24.3 Å². The smallest absolute Gasteiger partial charge is 0.422 e. The van der Waals surface area contributed by atoms with Gasteiger partial charge in [-0.1, -0.05) is 12.1 Å². The fraction of sp³-hybridized carbons (Fsp3) is 0.321. The zero-order valence-electron chi connectivity index (χ0n) is 21.1. The van der Waals surface area contributed by atoms with Crippen molar-refractivity contribution in [3.63, 3.8) is 0 Å². The van der Waals surface area contributed by atoms with Crippen molar-refractivity contribution < 1.29 is 37.0 Å². The normalized spacial score (nSPS) is 16.5. The lowest BCUT2D eigenvalue weighted by Gasteiger charge is -2.35. The van der Waals surface area contributed by atoms with Crippen molar-refractivity contribution in [1.29, 1.82) is 0 Å². The van der Waals surface area contributed by atoms with Crippen molar-refractivity contribution >= 4 is 23.2 Å². The van der Waals surface area contributed by atoms with Crippen molar-refractivity contribution in [3.8, 4) is 22.8 Å². The van der Waals surface area contributed by atoms with Gasteiger partial charge in [-0.2, -0.15) is 13.2 Å². The van der Waals surface area contributed by atoms with Gasteiger partial charge >= 0.3 is 6.18 Å². The Morgan fingerprint density at radius 3 is 2.69 bits per heavy atom. The highest BCUT2D eigenvalue weighted by atomic mass is 19.4. The quantitative estimate of drug-likeness (QED) is 0.441. The second-order valence-electron chi connectivity index (χ2n) is 9.60. The van der Waals surface area contributed by atoms with Gasteiger partial charge in [0, 0.05) is 36.4 Å². The minimum atomic E-state index is -4.52. The fourth-order valence-electron chi connectivity index (χ4n) is 4.66. The van der Waals surface area contributed by atoms with Gasteiger partial charge in [0.2, 0.25) is 11.8 Å². The standard InChI is InChI=1S/C28H26F3N3O5/c1-17-2-4-20(33-26(36)19-6-9-32-25(13-19)38-16-28(29,30)31)14-21(17)18-3-5-22-23(12-18)39-27(15-24(35)34-22)7-10-37-11-8-27/h2-6,9,12-14H,7-8,10-11,15-16H2,1H3,(H,33,36)(H,34,35). The lowest BCUT2D eigenvalue weighted by atomic mass is 9.90. The Hall–Kier alpha value is -4.12. The van der Waals surface area contributed by atoms with Crippen LogP contribution in [0.1, 0.15) is 35.2 Å². The lowest BCUT2D eigenvalue weighted by molar-refractivity contribution is -0.154. The molecule has 0 unspecified atom stereocenters. The van der Waals surface area contributed by atoms with E-state index in [1.54, 1.807) is 18.2 Å². The van der Waals surface area contributed by atoms with Gasteiger partial charge in [-0.05, 0) is 53.9 Å². The summed E-state index contributed by atoms with van der Waals surface area (Å²) in [6, 6.07) is 13.5. The molecular weight excluding hydrogens is 515 g/mol. The Morgan fingerprint density at radius 1 is 1.13 bits per heavy atom. The summed E-state index contributed by atoms with van der Waals surface area (Å²) in [5.74, 6) is -0.368. The Labute approximate surface area is 222 Å². The number of hydrogen-bond donors (Lipinski definition) is 2. The number of hydrogen-bond acceptors (Lipinski definition) is 6. The largest absolute Gasteiger partial charge is 0.484 e. The molecular formula is C28H26F3N3O5. The number of aryl methyl sites for hydroxylation is 1. The van der Waals surface area contributed by atoms with Crippen LogP contribution in [0.3, 0.4) is 0 Å². The molecule has 39 heavy (non-hydrogen) atoms. The molecule has 11 heteroatoms. The minimum Gasteiger partial charge on any atom is -0.484 e. The fourth-order valence-corrected chi connectivity index (χ4v) is 4.66. The number of rotatable bonds is 5. The SMILES string of the molecule is Cc1ccc(NC(=O)c2ccnc(OCC(F)(F)F)c2)cc1-c1ccc2c(c1)OC1(CCOCC1)CC(=O)N2. The van der Waals surface area contributed by atoms with Crippen LogP contribution in [-0.4, -0.2) is 48.4 Å². The Bertz CT molecular complexity index is 1400. The molecule has 2 amide bonds. The average molecular weight is 542 g/mol. The van der Waals surface area contributed by atoms with Crippen LogP contribution in [0.4, 0.5) is 24.5 Å². The predicted octanol–water partition coefficient (Wildman–Crippen LogP) is 5.52. The molecule has 0 bridgehead atoms. The average Bonchev–Trinajstić information content (AvgIpc) is 3.03. The molecule has 2 aliphatic heterocycles. The van der Waals surface area contributed by atoms with Gasteiger partial charge in [0.05, 0.1) is 25.3 Å². The molecule has 2 aromatic carbocycles. The molecule has 5 rings (SSSR count). The van der Waals surface area contributed by atoms with Gasteiger partial charge in [0.15, 0.2) is 6.61 Å². The molecule has 1 spiro atoms. The molecule has 8 nitrogen and oxygen atoms in total. The van der Waals surface area contributed by atoms with Crippen LogP contribution in [-0.2, 0) is 9.53 Å². The minimum absolute atomic E-state index is 0.0974. The third kappa shape index (κ3) is 6.31. The van der Waals surface area contributed by atoms with Crippen LogP contribution >= 0.6 is 0 Å². The van der Waals surface area contributed by atoms with Gasteiger partial charge in [0.1, 0.15) is 11.4 Å². The highest BCUT2D eigenvalue weighted by Gasteiger charge is 2.40. The summed E-state index contributed by atoms with van der Waals surface area (Å²) in [5, 5.41) is 5.70. The first-order chi connectivity index (χ1) is 18.6. The number of nitrogens with one attached hydrogen (secondary N) is 2. The van der Waals surface area contributed by atoms with E-state index in [4.69, 9.17) is 9.47 Å². The summed E-state index contributed by atoms with van der Waals surface area (Å²) in [5.41, 5.74) is 3.16. The summed E-state index contributed by atoms with van der Waals surface area (Å²) < 4.78 is 53.9. The number of ether oxygens (including phenoxy) is 3. The monoisotopic (exact) mass is 541 g/mol. The first kappa shape index (κ1) is 26.5. The van der Waals surface area contributed by atoms with Gasteiger partial charge < -0.3 is 24.8 Å². The van der Waals surface area contributed by atoms with E-state index in [9.17, 15) is 22.8 Å². The van der Waals surface area contributed by atoms with Gasteiger partial charge in [0.25, 0.3) is 5.91 Å². The van der Waals surface area contributed by atoms with E-state index in [2.05, 4.69) is 20.4 Å². The zero-order valence-corrected chi connectivity index (χ0v) is 21.1. The molecule has 0 radical (unpaired) electrons. The molecule has 0 saturated carbocycles. The molecule has 1 aromatic heterocycles. The molecule has 0 aliphatic carbocycles. The van der Waals surface area contributed by atoms with Crippen LogP contribution in [0.2, 0.25) is 0 Å². The number of anilines is 2. The second-order valence-corrected chi connectivity index (χ2v) is 9.60. The topological polar surface area (TPSA) is 98.8 Å². The predicted molar refractivity (Wildman–Crippen MR) is 137 cm³/mol. The molecule has 3 aromatic rings. The summed E-state index contributed by atoms with van der Waals surface area (Å²) in [4.78, 5) is 29.1. The second kappa shape index (κ2) is 10.6. The van der Waals surface area contributed by atoms with Gasteiger partial charge in [-0.15, -0.1) is 0 Å². The summed E-state index contributed by atoms with van der Waals surface area (Å²) in [6.45, 7) is 1.48. The van der Waals surface area contributed by atoms with Crippen LogP contribution < -0.4 is 20.1 Å². The van der Waals surface area contributed by atoms with Crippen molar-refractivity contribution in [2.75, 3.05) is 30.5 Å². The van der Waals surface area contributed by atoms with Crippen molar-refractivity contribution in [3.05, 3.63) is 65.9 Å². The molecule has 2 aliphatic rings. The number of fused-ring (bicyclic) bond motifs is 1. The van der Waals surface area contributed by atoms with Crippen LogP contribution in [0.5, 0.6) is 11.6 Å². The summed E-state index contributed by atoms with van der Waals surface area (Å²) >= 11 is 0. The molecule has 1 fully saturated rings. The first-order valence-corrected chi connectivity index (χ1v) is 12.4. The van der Waals surface area contributed by atoms with Crippen molar-refractivity contribution in [2.45, 2.75) is 38.0 Å². The molecule has 3 heterocycles. The Kier molecular flexibility index (Phi) is 7.17. The molecule has 0 atom stereocenters. The Morgan fingerprint density at radius 2 is 1.92 bits per heavy atom. The van der Waals surface area contributed by atoms with E-state index in [-0.39, 0.29) is 23.8 Å². The summed E-state index contributed by atoms with van der Waals surface area (Å²) in [7, 11) is 0. The van der Waals surface area contributed by atoms with Crippen molar-refractivity contribution in [2.24, 2.45) is 0 Å². The number of halogens is 3. The Balaban J connectivity index is 1.37.